The Labute approximate surface area is 91.4 Å². The zero-order valence-electron chi connectivity index (χ0n) is 10.2. The van der Waals surface area contributed by atoms with E-state index in [0.717, 1.165) is 12.1 Å². The average Bonchev–Trinajstić information content (AvgIpc) is 2.52. The van der Waals surface area contributed by atoms with Crippen LogP contribution >= 0.6 is 0 Å². The number of nitrogens with zero attached hydrogens (tertiary/aromatic N) is 2. The quantitative estimate of drug-likeness (QED) is 0.709. The molecule has 2 heterocycles. The summed E-state index contributed by atoms with van der Waals surface area (Å²) < 4.78 is 8.10. The molecule has 1 atom stereocenters. The highest BCUT2D eigenvalue weighted by atomic mass is 16.5. The van der Waals surface area contributed by atoms with E-state index in [4.69, 9.17) is 4.74 Å². The Morgan fingerprint density at radius 2 is 2.07 bits per heavy atom. The summed E-state index contributed by atoms with van der Waals surface area (Å²) >= 11 is 0. The molecule has 0 radical (unpaired) electrons. The van der Waals surface area contributed by atoms with Crippen LogP contribution in [0.1, 0.15) is 45.9 Å². The van der Waals surface area contributed by atoms with Gasteiger partial charge in [0.25, 0.3) is 0 Å². The Morgan fingerprint density at radius 1 is 1.40 bits per heavy atom. The normalized spacial score (nSPS) is 28.2. The van der Waals surface area contributed by atoms with Gasteiger partial charge >= 0.3 is 0 Å². The highest BCUT2D eigenvalue weighted by molar-refractivity contribution is 5.02. The summed E-state index contributed by atoms with van der Waals surface area (Å²) in [5.41, 5.74) is 0.881. The Morgan fingerprint density at radius 3 is 2.47 bits per heavy atom. The van der Waals surface area contributed by atoms with E-state index in [2.05, 4.69) is 32.8 Å². The molecule has 1 aliphatic rings. The van der Waals surface area contributed by atoms with Crippen molar-refractivity contribution in [3.8, 4) is 0 Å². The van der Waals surface area contributed by atoms with E-state index < -0.39 is 0 Å². The fourth-order valence-electron chi connectivity index (χ4n) is 2.55. The third kappa shape index (κ3) is 1.93. The van der Waals surface area contributed by atoms with Crippen LogP contribution in [0.25, 0.3) is 0 Å². The summed E-state index contributed by atoms with van der Waals surface area (Å²) in [4.78, 5) is 0. The van der Waals surface area contributed by atoms with Crippen molar-refractivity contribution in [3.63, 3.8) is 0 Å². The molecule has 1 fully saturated rings. The maximum Gasteiger partial charge on any atom is 0.0857 e. The molecule has 1 aromatic rings. The van der Waals surface area contributed by atoms with Crippen molar-refractivity contribution in [2.75, 3.05) is 0 Å². The van der Waals surface area contributed by atoms with E-state index in [-0.39, 0.29) is 11.2 Å². The van der Waals surface area contributed by atoms with E-state index >= 15 is 0 Å². The van der Waals surface area contributed by atoms with Crippen molar-refractivity contribution in [1.82, 2.24) is 9.78 Å². The summed E-state index contributed by atoms with van der Waals surface area (Å²) in [6.07, 6.45) is 3.06. The highest BCUT2D eigenvalue weighted by Gasteiger charge is 2.47. The standard InChI is InChI=1S/C12H20N2O/c1-9-6-7-14(13-9)10-8-11(2,3)15-12(10,4)5/h6-7,10H,8H2,1-5H3. The molecular formula is C12H20N2O. The van der Waals surface area contributed by atoms with Crippen molar-refractivity contribution in [1.29, 1.82) is 0 Å². The molecule has 15 heavy (non-hydrogen) atoms. The lowest BCUT2D eigenvalue weighted by atomic mass is 9.95. The summed E-state index contributed by atoms with van der Waals surface area (Å²) in [5, 5.41) is 4.49. The van der Waals surface area contributed by atoms with Gasteiger partial charge in [-0.25, -0.2) is 0 Å². The first-order valence-corrected chi connectivity index (χ1v) is 5.52. The third-order valence-corrected chi connectivity index (χ3v) is 3.09. The molecular weight excluding hydrogens is 188 g/mol. The predicted octanol–water partition coefficient (Wildman–Crippen LogP) is 2.71. The molecule has 1 saturated heterocycles. The van der Waals surface area contributed by atoms with Gasteiger partial charge in [0.05, 0.1) is 22.9 Å². The molecule has 0 bridgehead atoms. The molecule has 2 rings (SSSR count). The molecule has 0 saturated carbocycles. The average molecular weight is 208 g/mol. The maximum absolute atomic E-state index is 6.05. The zero-order chi connectivity index (χ0) is 11.3. The molecule has 3 heteroatoms. The lowest BCUT2D eigenvalue weighted by molar-refractivity contribution is -0.0737. The Balaban J connectivity index is 2.30. The molecule has 3 nitrogen and oxygen atoms in total. The van der Waals surface area contributed by atoms with Crippen LogP contribution in [0.4, 0.5) is 0 Å². The van der Waals surface area contributed by atoms with Crippen molar-refractivity contribution in [3.05, 3.63) is 18.0 Å². The molecule has 1 unspecified atom stereocenters. The van der Waals surface area contributed by atoms with Gasteiger partial charge in [0, 0.05) is 12.6 Å². The van der Waals surface area contributed by atoms with E-state index in [1.807, 2.05) is 23.9 Å². The van der Waals surface area contributed by atoms with Crippen LogP contribution in [-0.2, 0) is 4.74 Å². The summed E-state index contributed by atoms with van der Waals surface area (Å²) in [6.45, 7) is 10.6. The summed E-state index contributed by atoms with van der Waals surface area (Å²) in [7, 11) is 0. The molecule has 1 aliphatic heterocycles. The minimum absolute atomic E-state index is 0.0476. The van der Waals surface area contributed by atoms with Crippen LogP contribution in [0.2, 0.25) is 0 Å². The van der Waals surface area contributed by atoms with Gasteiger partial charge < -0.3 is 4.74 Å². The van der Waals surface area contributed by atoms with Crippen LogP contribution < -0.4 is 0 Å². The number of hydrogen-bond donors (Lipinski definition) is 0. The van der Waals surface area contributed by atoms with Gasteiger partial charge in [-0.15, -0.1) is 0 Å². The number of rotatable bonds is 1. The predicted molar refractivity (Wildman–Crippen MR) is 59.9 cm³/mol. The van der Waals surface area contributed by atoms with Crippen LogP contribution in [0.5, 0.6) is 0 Å². The van der Waals surface area contributed by atoms with Crippen LogP contribution in [0.15, 0.2) is 12.3 Å². The molecule has 0 spiro atoms. The fraction of sp³-hybridized carbons (Fsp3) is 0.750. The SMILES string of the molecule is Cc1ccn(C2CC(C)(C)OC2(C)C)n1. The second kappa shape index (κ2) is 3.08. The number of ether oxygens (including phenoxy) is 1. The van der Waals surface area contributed by atoms with Gasteiger partial charge in [0.2, 0.25) is 0 Å². The van der Waals surface area contributed by atoms with Crippen molar-refractivity contribution in [2.45, 2.75) is 58.3 Å². The Hall–Kier alpha value is -0.830. The first-order valence-electron chi connectivity index (χ1n) is 5.52. The largest absolute Gasteiger partial charge is 0.367 e. The fourth-order valence-corrected chi connectivity index (χ4v) is 2.55. The molecule has 0 amide bonds. The van der Waals surface area contributed by atoms with Gasteiger partial charge in [-0.3, -0.25) is 4.68 Å². The van der Waals surface area contributed by atoms with Gasteiger partial charge in [-0.2, -0.15) is 5.10 Å². The van der Waals surface area contributed by atoms with Crippen LogP contribution in [0, 0.1) is 6.92 Å². The molecule has 84 valence electrons. The molecule has 0 N–H and O–H groups in total. The Kier molecular flexibility index (Phi) is 2.19. The third-order valence-electron chi connectivity index (χ3n) is 3.09. The first kappa shape index (κ1) is 10.7. The Bertz CT molecular complexity index is 365. The number of aromatic nitrogens is 2. The highest BCUT2D eigenvalue weighted by Crippen LogP contribution is 2.44. The van der Waals surface area contributed by atoms with Gasteiger partial charge in [0.15, 0.2) is 0 Å². The van der Waals surface area contributed by atoms with Crippen LogP contribution in [0.3, 0.4) is 0 Å². The minimum Gasteiger partial charge on any atom is -0.367 e. The number of hydrogen-bond acceptors (Lipinski definition) is 2. The van der Waals surface area contributed by atoms with Crippen molar-refractivity contribution >= 4 is 0 Å². The van der Waals surface area contributed by atoms with E-state index in [9.17, 15) is 0 Å². The van der Waals surface area contributed by atoms with E-state index in [1.54, 1.807) is 0 Å². The lowest BCUT2D eigenvalue weighted by Gasteiger charge is -2.27. The van der Waals surface area contributed by atoms with Crippen molar-refractivity contribution in [2.24, 2.45) is 0 Å². The molecule has 1 aromatic heterocycles. The first-order chi connectivity index (χ1) is 6.80. The van der Waals surface area contributed by atoms with Crippen LogP contribution in [-0.4, -0.2) is 21.0 Å². The smallest absolute Gasteiger partial charge is 0.0857 e. The second-order valence-corrected chi connectivity index (χ2v) is 5.62. The topological polar surface area (TPSA) is 27.1 Å². The van der Waals surface area contributed by atoms with Crippen molar-refractivity contribution < 1.29 is 4.74 Å². The van der Waals surface area contributed by atoms with E-state index in [1.165, 1.54) is 0 Å². The maximum atomic E-state index is 6.05. The minimum atomic E-state index is -0.137. The summed E-state index contributed by atoms with van der Waals surface area (Å²) in [6, 6.07) is 2.38. The monoisotopic (exact) mass is 208 g/mol. The molecule has 0 aliphatic carbocycles. The van der Waals surface area contributed by atoms with Gasteiger partial charge in [-0.1, -0.05) is 0 Å². The van der Waals surface area contributed by atoms with Gasteiger partial charge in [0.1, 0.15) is 0 Å². The molecule has 0 aromatic carbocycles. The number of aryl methyl sites for hydroxylation is 1. The van der Waals surface area contributed by atoms with E-state index in [0.29, 0.717) is 6.04 Å². The lowest BCUT2D eigenvalue weighted by Crippen LogP contribution is -2.31. The summed E-state index contributed by atoms with van der Waals surface area (Å²) in [5.74, 6) is 0. The zero-order valence-corrected chi connectivity index (χ0v) is 10.2. The second-order valence-electron chi connectivity index (χ2n) is 5.62. The van der Waals surface area contributed by atoms with Gasteiger partial charge in [-0.05, 0) is 40.7 Å².